The van der Waals surface area contributed by atoms with Crippen LogP contribution in [-0.4, -0.2) is 13.3 Å². The summed E-state index contributed by atoms with van der Waals surface area (Å²) in [6, 6.07) is 6.46. The van der Waals surface area contributed by atoms with Gasteiger partial charge in [0.25, 0.3) is 0 Å². The molecule has 2 heterocycles. The summed E-state index contributed by atoms with van der Waals surface area (Å²) in [5.74, 6) is 0. The smallest absolute Gasteiger partial charge is 0.130 e. The van der Waals surface area contributed by atoms with E-state index in [9.17, 15) is 0 Å². The molecule has 0 aromatic heterocycles. The Hall–Kier alpha value is -2.36. The van der Waals surface area contributed by atoms with Crippen molar-refractivity contribution in [2.75, 3.05) is 13.3 Å². The first kappa shape index (κ1) is 13.3. The number of benzene rings is 2. The molecule has 0 aliphatic carbocycles. The maximum atomic E-state index is 4.60. The lowest BCUT2D eigenvalue weighted by atomic mass is 9.96. The molecule has 4 heteroatoms. The Kier molecular flexibility index (Phi) is 2.93. The maximum Gasteiger partial charge on any atom is 0.130 e. The SMILES string of the molecule is Cc1ccc2c(c1Cc1cc(C)c(C)c3c1=NCN=3)=NCN=2. The van der Waals surface area contributed by atoms with E-state index in [0.29, 0.717) is 13.3 Å². The third-order valence-corrected chi connectivity index (χ3v) is 4.66. The maximum absolute atomic E-state index is 4.60. The summed E-state index contributed by atoms with van der Waals surface area (Å²) < 4.78 is 0. The minimum absolute atomic E-state index is 0.552. The predicted molar refractivity (Wildman–Crippen MR) is 84.3 cm³/mol. The van der Waals surface area contributed by atoms with E-state index in [2.05, 4.69) is 58.9 Å². The molecule has 4 rings (SSSR count). The fourth-order valence-corrected chi connectivity index (χ4v) is 3.26. The first-order valence-corrected chi connectivity index (χ1v) is 7.60. The molecule has 2 aliphatic rings. The Balaban J connectivity index is 1.95. The van der Waals surface area contributed by atoms with E-state index in [-0.39, 0.29) is 0 Å². The van der Waals surface area contributed by atoms with Gasteiger partial charge in [-0.05, 0) is 54.7 Å². The molecule has 0 saturated carbocycles. The molecule has 0 bridgehead atoms. The summed E-state index contributed by atoms with van der Waals surface area (Å²) in [7, 11) is 0. The van der Waals surface area contributed by atoms with E-state index in [1.165, 1.54) is 27.8 Å². The summed E-state index contributed by atoms with van der Waals surface area (Å²) in [5.41, 5.74) is 6.31. The van der Waals surface area contributed by atoms with E-state index in [1.807, 2.05) is 0 Å². The van der Waals surface area contributed by atoms with Crippen molar-refractivity contribution in [3.05, 3.63) is 67.4 Å². The third kappa shape index (κ3) is 1.90. The number of hydrogen-bond donors (Lipinski definition) is 0. The van der Waals surface area contributed by atoms with Crippen molar-refractivity contribution in [3.8, 4) is 0 Å². The fourth-order valence-electron chi connectivity index (χ4n) is 3.26. The summed E-state index contributed by atoms with van der Waals surface area (Å²) in [6.07, 6.45) is 0.844. The molecule has 0 atom stereocenters. The Bertz CT molecular complexity index is 1030. The van der Waals surface area contributed by atoms with Gasteiger partial charge in [0.15, 0.2) is 0 Å². The lowest BCUT2D eigenvalue weighted by molar-refractivity contribution is 1.02. The predicted octanol–water partition coefficient (Wildman–Crippen LogP) is 0.623. The zero-order chi connectivity index (χ0) is 15.3. The first-order chi connectivity index (χ1) is 10.6. The lowest BCUT2D eigenvalue weighted by Crippen LogP contribution is -2.33. The van der Waals surface area contributed by atoms with Crippen LogP contribution in [0.15, 0.2) is 38.2 Å². The van der Waals surface area contributed by atoms with Gasteiger partial charge in [0.2, 0.25) is 0 Å². The van der Waals surface area contributed by atoms with E-state index in [4.69, 9.17) is 0 Å². The van der Waals surface area contributed by atoms with Crippen LogP contribution in [0.1, 0.15) is 27.8 Å². The highest BCUT2D eigenvalue weighted by atomic mass is 15.0. The number of fused-ring (bicyclic) bond motifs is 2. The average Bonchev–Trinajstić information content (AvgIpc) is 3.15. The monoisotopic (exact) mass is 290 g/mol. The van der Waals surface area contributed by atoms with E-state index in [1.54, 1.807) is 0 Å². The summed E-state index contributed by atoms with van der Waals surface area (Å²) >= 11 is 0. The summed E-state index contributed by atoms with van der Waals surface area (Å²) in [4.78, 5) is 18.2. The molecule has 22 heavy (non-hydrogen) atoms. The van der Waals surface area contributed by atoms with Crippen LogP contribution in [0.25, 0.3) is 0 Å². The topological polar surface area (TPSA) is 49.4 Å². The molecule has 0 unspecified atom stereocenters. The highest BCUT2D eigenvalue weighted by Gasteiger charge is 2.13. The van der Waals surface area contributed by atoms with Gasteiger partial charge in [-0.3, -0.25) is 20.0 Å². The molecule has 0 saturated heterocycles. The molecule has 4 nitrogen and oxygen atoms in total. The highest BCUT2D eigenvalue weighted by Crippen LogP contribution is 2.10. The molecular weight excluding hydrogens is 272 g/mol. The molecule has 2 aliphatic heterocycles. The quantitative estimate of drug-likeness (QED) is 0.779. The van der Waals surface area contributed by atoms with Crippen LogP contribution in [-0.2, 0) is 6.42 Å². The van der Waals surface area contributed by atoms with Gasteiger partial charge in [-0.1, -0.05) is 12.1 Å². The van der Waals surface area contributed by atoms with Crippen molar-refractivity contribution in [2.45, 2.75) is 27.2 Å². The number of nitrogens with zero attached hydrogens (tertiary/aromatic N) is 4. The van der Waals surface area contributed by atoms with Crippen LogP contribution in [0.4, 0.5) is 0 Å². The zero-order valence-electron chi connectivity index (χ0n) is 13.1. The Morgan fingerprint density at radius 1 is 0.818 bits per heavy atom. The van der Waals surface area contributed by atoms with Crippen molar-refractivity contribution in [1.82, 2.24) is 0 Å². The van der Waals surface area contributed by atoms with Gasteiger partial charge >= 0.3 is 0 Å². The molecule has 0 spiro atoms. The van der Waals surface area contributed by atoms with Crippen molar-refractivity contribution >= 4 is 0 Å². The number of rotatable bonds is 2. The second-order valence-corrected chi connectivity index (χ2v) is 6.00. The normalized spacial score (nSPS) is 14.5. The van der Waals surface area contributed by atoms with Gasteiger partial charge in [-0.15, -0.1) is 0 Å². The Morgan fingerprint density at radius 2 is 1.55 bits per heavy atom. The van der Waals surface area contributed by atoms with Crippen LogP contribution in [0, 0.1) is 20.8 Å². The van der Waals surface area contributed by atoms with Crippen molar-refractivity contribution in [2.24, 2.45) is 20.0 Å². The summed E-state index contributed by atoms with van der Waals surface area (Å²) in [5, 5.41) is 4.21. The van der Waals surface area contributed by atoms with Gasteiger partial charge in [-0.2, -0.15) is 0 Å². The standard InChI is InChI=1S/C18H18N4/c1-10-4-5-15-18(22-8-19-15)14(10)7-13-6-11(2)12(3)16-17(13)21-9-20-16/h4-6H,7-9H2,1-3H3. The second kappa shape index (κ2) is 4.83. The third-order valence-electron chi connectivity index (χ3n) is 4.66. The molecular formula is C18H18N4. The van der Waals surface area contributed by atoms with E-state index < -0.39 is 0 Å². The molecule has 2 aromatic rings. The Morgan fingerprint density at radius 3 is 2.41 bits per heavy atom. The van der Waals surface area contributed by atoms with Gasteiger partial charge in [-0.25, -0.2) is 0 Å². The van der Waals surface area contributed by atoms with Gasteiger partial charge < -0.3 is 0 Å². The number of aryl methyl sites for hydroxylation is 2. The zero-order valence-corrected chi connectivity index (χ0v) is 13.1. The average molecular weight is 290 g/mol. The Labute approximate surface area is 128 Å². The van der Waals surface area contributed by atoms with Crippen LogP contribution in [0.3, 0.4) is 0 Å². The lowest BCUT2D eigenvalue weighted by Gasteiger charge is -2.09. The fraction of sp³-hybridized carbons (Fsp3) is 0.333. The second-order valence-electron chi connectivity index (χ2n) is 6.00. The first-order valence-electron chi connectivity index (χ1n) is 7.60. The highest BCUT2D eigenvalue weighted by molar-refractivity contribution is 5.36. The molecule has 2 aromatic carbocycles. The van der Waals surface area contributed by atoms with Crippen LogP contribution in [0.2, 0.25) is 0 Å². The molecule has 0 N–H and O–H groups in total. The van der Waals surface area contributed by atoms with Crippen molar-refractivity contribution in [3.63, 3.8) is 0 Å². The molecule has 0 fully saturated rings. The largest absolute Gasteiger partial charge is 0.260 e. The molecule has 0 amide bonds. The molecule has 110 valence electrons. The molecule has 0 radical (unpaired) electrons. The minimum Gasteiger partial charge on any atom is -0.260 e. The van der Waals surface area contributed by atoms with E-state index in [0.717, 1.165) is 27.8 Å². The van der Waals surface area contributed by atoms with Crippen molar-refractivity contribution < 1.29 is 0 Å². The minimum atomic E-state index is 0.552. The van der Waals surface area contributed by atoms with Gasteiger partial charge in [0.05, 0.1) is 21.4 Å². The van der Waals surface area contributed by atoms with Gasteiger partial charge in [0.1, 0.15) is 13.3 Å². The summed E-state index contributed by atoms with van der Waals surface area (Å²) in [6.45, 7) is 7.53. The number of hydrogen-bond acceptors (Lipinski definition) is 4. The van der Waals surface area contributed by atoms with Crippen LogP contribution < -0.4 is 21.4 Å². The van der Waals surface area contributed by atoms with Crippen LogP contribution in [0.5, 0.6) is 0 Å². The van der Waals surface area contributed by atoms with E-state index >= 15 is 0 Å². The van der Waals surface area contributed by atoms with Gasteiger partial charge in [0, 0.05) is 6.42 Å². The van der Waals surface area contributed by atoms with Crippen molar-refractivity contribution in [1.29, 1.82) is 0 Å². The van der Waals surface area contributed by atoms with Crippen LogP contribution >= 0.6 is 0 Å².